The molecule has 0 aliphatic carbocycles. The van der Waals surface area contributed by atoms with Crippen molar-refractivity contribution in [2.45, 2.75) is 29.1 Å². The summed E-state index contributed by atoms with van der Waals surface area (Å²) < 4.78 is 7.21. The molecule has 1 aliphatic rings. The van der Waals surface area contributed by atoms with Crippen LogP contribution in [0.5, 0.6) is 5.75 Å². The van der Waals surface area contributed by atoms with Gasteiger partial charge in [0.1, 0.15) is 5.75 Å². The first-order valence-corrected chi connectivity index (χ1v) is 11.9. The fraction of sp³-hybridized carbons (Fsp3) is 0.238. The molecule has 0 unspecified atom stereocenters. The molecule has 0 radical (unpaired) electrons. The minimum absolute atomic E-state index is 0.0155. The second kappa shape index (κ2) is 9.04. The van der Waals surface area contributed by atoms with Crippen LogP contribution in [0, 0.1) is 0 Å². The molecule has 150 valence electrons. The van der Waals surface area contributed by atoms with Crippen molar-refractivity contribution in [3.63, 3.8) is 0 Å². The Labute approximate surface area is 187 Å². The molecule has 29 heavy (non-hydrogen) atoms. The Hall–Kier alpha value is -1.60. The molecule has 0 saturated carbocycles. The van der Waals surface area contributed by atoms with E-state index in [0.29, 0.717) is 27.6 Å². The summed E-state index contributed by atoms with van der Waals surface area (Å²) in [6, 6.07) is 13.1. The fourth-order valence-corrected chi connectivity index (χ4v) is 5.37. The summed E-state index contributed by atoms with van der Waals surface area (Å²) in [7, 11) is 0. The molecule has 0 spiro atoms. The minimum atomic E-state index is -0.0155. The number of aromatic nitrogens is 2. The van der Waals surface area contributed by atoms with Crippen molar-refractivity contribution in [1.82, 2.24) is 9.55 Å². The molecular weight excluding hydrogens is 447 g/mol. The summed E-state index contributed by atoms with van der Waals surface area (Å²) >= 11 is 15.2. The molecule has 1 aromatic heterocycles. The molecule has 0 saturated heterocycles. The van der Waals surface area contributed by atoms with Crippen molar-refractivity contribution in [3.05, 3.63) is 74.1 Å². The Morgan fingerprint density at radius 3 is 2.69 bits per heavy atom. The fourth-order valence-electron chi connectivity index (χ4n) is 3.05. The van der Waals surface area contributed by atoms with E-state index < -0.39 is 0 Å². The lowest BCUT2D eigenvalue weighted by atomic mass is 10.2. The maximum Gasteiger partial charge on any atom is 0.272 e. The molecular formula is C21H18Cl2N2O2S2. The normalized spacial score (nSPS) is 12.8. The number of halogens is 2. The van der Waals surface area contributed by atoms with Crippen molar-refractivity contribution >= 4 is 46.7 Å². The van der Waals surface area contributed by atoms with E-state index in [0.717, 1.165) is 39.8 Å². The number of thioether (sulfide) groups is 2. The molecule has 1 aliphatic heterocycles. The number of rotatable bonds is 6. The lowest BCUT2D eigenvalue weighted by Crippen LogP contribution is -2.23. The van der Waals surface area contributed by atoms with Gasteiger partial charge in [0, 0.05) is 17.9 Å². The van der Waals surface area contributed by atoms with Gasteiger partial charge in [-0.05, 0) is 48.9 Å². The van der Waals surface area contributed by atoms with Gasteiger partial charge in [-0.25, -0.2) is 4.98 Å². The van der Waals surface area contributed by atoms with E-state index in [1.807, 2.05) is 43.3 Å². The number of ether oxygens (including phenoxy) is 1. The summed E-state index contributed by atoms with van der Waals surface area (Å²) in [6.45, 7) is 2.54. The summed E-state index contributed by atoms with van der Waals surface area (Å²) in [5.74, 6) is 2.30. The van der Waals surface area contributed by atoms with E-state index in [2.05, 4.69) is 0 Å². The van der Waals surface area contributed by atoms with Crippen LogP contribution in [0.25, 0.3) is 5.69 Å². The summed E-state index contributed by atoms with van der Waals surface area (Å²) in [6.07, 6.45) is 0.819. The highest BCUT2D eigenvalue weighted by Crippen LogP contribution is 2.32. The molecule has 0 amide bonds. The highest BCUT2D eigenvalue weighted by atomic mass is 35.5. The lowest BCUT2D eigenvalue weighted by molar-refractivity contribution is 0.340. The molecule has 0 atom stereocenters. The van der Waals surface area contributed by atoms with Gasteiger partial charge >= 0.3 is 0 Å². The molecule has 4 nitrogen and oxygen atoms in total. The van der Waals surface area contributed by atoms with Crippen LogP contribution in [0.3, 0.4) is 0 Å². The zero-order chi connectivity index (χ0) is 20.4. The van der Waals surface area contributed by atoms with Crippen molar-refractivity contribution < 1.29 is 4.74 Å². The maximum absolute atomic E-state index is 13.2. The van der Waals surface area contributed by atoms with Crippen LogP contribution in [-0.2, 0) is 12.2 Å². The molecule has 0 bridgehead atoms. The van der Waals surface area contributed by atoms with E-state index >= 15 is 0 Å². The average Bonchev–Trinajstić information content (AvgIpc) is 3.19. The Bertz CT molecular complexity index is 1100. The topological polar surface area (TPSA) is 44.1 Å². The van der Waals surface area contributed by atoms with Gasteiger partial charge in [-0.1, -0.05) is 41.0 Å². The van der Waals surface area contributed by atoms with E-state index in [-0.39, 0.29) is 5.56 Å². The summed E-state index contributed by atoms with van der Waals surface area (Å²) in [5.41, 5.74) is 2.67. The van der Waals surface area contributed by atoms with Crippen LogP contribution < -0.4 is 10.3 Å². The molecule has 8 heteroatoms. The van der Waals surface area contributed by atoms with Gasteiger partial charge in [-0.2, -0.15) is 0 Å². The van der Waals surface area contributed by atoms with Gasteiger partial charge in [0.2, 0.25) is 0 Å². The van der Waals surface area contributed by atoms with Gasteiger partial charge in [0.25, 0.3) is 5.56 Å². The largest absolute Gasteiger partial charge is 0.494 e. The molecule has 0 N–H and O–H groups in total. The van der Waals surface area contributed by atoms with Gasteiger partial charge < -0.3 is 4.74 Å². The highest BCUT2D eigenvalue weighted by molar-refractivity contribution is 7.99. The maximum atomic E-state index is 13.2. The standard InChI is InChI=1S/C21H18Cl2N2O2S2/c1-2-27-15-6-4-14(5-7-15)25-20(26)19-18(9-10-28-19)24-21(25)29-12-13-3-8-16(22)17(23)11-13/h3-8,11H,2,9-10,12H2,1H3. The van der Waals surface area contributed by atoms with Gasteiger partial charge in [-0.15, -0.1) is 11.8 Å². The highest BCUT2D eigenvalue weighted by Gasteiger charge is 2.22. The van der Waals surface area contributed by atoms with E-state index in [4.69, 9.17) is 32.9 Å². The number of aryl methyl sites for hydroxylation is 1. The molecule has 3 aromatic rings. The van der Waals surface area contributed by atoms with Crippen LogP contribution in [0.1, 0.15) is 18.2 Å². The molecule has 2 heterocycles. The Morgan fingerprint density at radius 1 is 1.17 bits per heavy atom. The first-order chi connectivity index (χ1) is 14.1. The smallest absolute Gasteiger partial charge is 0.272 e. The SMILES string of the molecule is CCOc1ccc(-n2c(SCc3ccc(Cl)c(Cl)c3)nc3c(c2=O)SCC3)cc1. The zero-order valence-corrected chi connectivity index (χ0v) is 18.8. The van der Waals surface area contributed by atoms with Gasteiger partial charge in [-0.3, -0.25) is 9.36 Å². The number of benzene rings is 2. The van der Waals surface area contributed by atoms with Crippen LogP contribution >= 0.6 is 46.7 Å². The van der Waals surface area contributed by atoms with Crippen molar-refractivity contribution in [2.24, 2.45) is 0 Å². The van der Waals surface area contributed by atoms with Crippen molar-refractivity contribution in [1.29, 1.82) is 0 Å². The van der Waals surface area contributed by atoms with E-state index in [1.54, 1.807) is 22.4 Å². The summed E-state index contributed by atoms with van der Waals surface area (Å²) in [5, 5.41) is 1.72. The predicted molar refractivity (Wildman–Crippen MR) is 121 cm³/mol. The van der Waals surface area contributed by atoms with Crippen LogP contribution in [0.2, 0.25) is 10.0 Å². The van der Waals surface area contributed by atoms with Crippen molar-refractivity contribution in [3.8, 4) is 11.4 Å². The van der Waals surface area contributed by atoms with Gasteiger partial charge in [0.05, 0.1) is 32.9 Å². The molecule has 2 aromatic carbocycles. The Balaban J connectivity index is 1.71. The number of nitrogens with zero attached hydrogens (tertiary/aromatic N) is 2. The van der Waals surface area contributed by atoms with Crippen LogP contribution in [-0.4, -0.2) is 21.9 Å². The quantitative estimate of drug-likeness (QED) is 0.336. The first kappa shape index (κ1) is 20.7. The number of hydrogen-bond donors (Lipinski definition) is 0. The zero-order valence-electron chi connectivity index (χ0n) is 15.7. The monoisotopic (exact) mass is 464 g/mol. The van der Waals surface area contributed by atoms with E-state index in [1.165, 1.54) is 11.8 Å². The second-order valence-electron chi connectivity index (χ2n) is 6.37. The molecule has 0 fully saturated rings. The second-order valence-corrected chi connectivity index (χ2v) is 9.24. The first-order valence-electron chi connectivity index (χ1n) is 9.15. The Kier molecular flexibility index (Phi) is 6.44. The van der Waals surface area contributed by atoms with Crippen LogP contribution in [0.15, 0.2) is 57.3 Å². The number of hydrogen-bond acceptors (Lipinski definition) is 5. The van der Waals surface area contributed by atoms with Crippen LogP contribution in [0.4, 0.5) is 0 Å². The van der Waals surface area contributed by atoms with Gasteiger partial charge in [0.15, 0.2) is 5.16 Å². The Morgan fingerprint density at radius 2 is 1.97 bits per heavy atom. The summed E-state index contributed by atoms with van der Waals surface area (Å²) in [4.78, 5) is 18.8. The third kappa shape index (κ3) is 4.45. The third-order valence-corrected chi connectivity index (χ3v) is 7.28. The number of fused-ring (bicyclic) bond motifs is 1. The third-order valence-electron chi connectivity index (χ3n) is 4.42. The van der Waals surface area contributed by atoms with Crippen molar-refractivity contribution in [2.75, 3.05) is 12.4 Å². The predicted octanol–water partition coefficient (Wildman–Crippen LogP) is 5.88. The average molecular weight is 465 g/mol. The minimum Gasteiger partial charge on any atom is -0.494 e. The molecule has 4 rings (SSSR count). The van der Waals surface area contributed by atoms with E-state index in [9.17, 15) is 4.79 Å². The lowest BCUT2D eigenvalue weighted by Gasteiger charge is -2.14.